The number of aryl methyl sites for hydroxylation is 1. The van der Waals surface area contributed by atoms with Gasteiger partial charge in [0, 0.05) is 17.6 Å². The average molecular weight is 221 g/mol. The summed E-state index contributed by atoms with van der Waals surface area (Å²) in [6, 6.07) is 3.16. The third-order valence-electron chi connectivity index (χ3n) is 2.37. The molecule has 1 aromatic rings. The summed E-state index contributed by atoms with van der Waals surface area (Å²) in [7, 11) is 0. The lowest BCUT2D eigenvalue weighted by Gasteiger charge is -2.11. The van der Waals surface area contributed by atoms with E-state index in [1.807, 2.05) is 13.0 Å². The number of nitrogens with one attached hydrogen (secondary N) is 1. The fraction of sp³-hybridized carbons (Fsp3) is 0.500. The number of hydrogen-bond acceptors (Lipinski definition) is 3. The fourth-order valence-electron chi connectivity index (χ4n) is 1.41. The highest BCUT2D eigenvalue weighted by Crippen LogP contribution is 2.08. The van der Waals surface area contributed by atoms with Gasteiger partial charge in [-0.25, -0.2) is 0 Å². The van der Waals surface area contributed by atoms with Crippen LogP contribution in [-0.4, -0.2) is 16.9 Å². The Balaban J connectivity index is 2.50. The zero-order valence-electron chi connectivity index (χ0n) is 9.86. The van der Waals surface area contributed by atoms with E-state index in [2.05, 4.69) is 17.2 Å². The van der Waals surface area contributed by atoms with E-state index in [4.69, 9.17) is 5.73 Å². The second-order valence-electron chi connectivity index (χ2n) is 3.92. The predicted molar refractivity (Wildman–Crippen MR) is 65.1 cm³/mol. The summed E-state index contributed by atoms with van der Waals surface area (Å²) in [4.78, 5) is 15.7. The van der Waals surface area contributed by atoms with E-state index in [-0.39, 0.29) is 5.91 Å². The summed E-state index contributed by atoms with van der Waals surface area (Å²) in [6.45, 7) is 3.96. The van der Waals surface area contributed by atoms with Crippen molar-refractivity contribution in [1.29, 1.82) is 0 Å². The predicted octanol–water partition coefficient (Wildman–Crippen LogP) is 1.85. The second-order valence-corrected chi connectivity index (χ2v) is 3.92. The van der Waals surface area contributed by atoms with Gasteiger partial charge in [0.1, 0.15) is 0 Å². The smallest absolute Gasteiger partial charge is 0.241 e. The molecule has 0 saturated carbocycles. The number of unbranched alkanes of at least 4 members (excludes halogenated alkanes) is 1. The molecule has 0 saturated heterocycles. The topological polar surface area (TPSA) is 68.0 Å². The largest absolute Gasteiger partial charge is 0.325 e. The summed E-state index contributed by atoms with van der Waals surface area (Å²) >= 11 is 0. The quantitative estimate of drug-likeness (QED) is 0.797. The van der Waals surface area contributed by atoms with Gasteiger partial charge in [-0.3, -0.25) is 9.78 Å². The number of carbonyl (C=O) groups excluding carboxylic acids is 1. The molecule has 1 rings (SSSR count). The molecular weight excluding hydrogens is 202 g/mol. The van der Waals surface area contributed by atoms with Gasteiger partial charge in [-0.05, 0) is 25.5 Å². The molecular formula is C12H19N3O. The van der Waals surface area contributed by atoms with Gasteiger partial charge in [0.05, 0.1) is 6.04 Å². The first-order valence-electron chi connectivity index (χ1n) is 5.62. The molecule has 16 heavy (non-hydrogen) atoms. The molecule has 0 aromatic carbocycles. The molecule has 1 atom stereocenters. The third-order valence-corrected chi connectivity index (χ3v) is 2.37. The number of hydrogen-bond donors (Lipinski definition) is 2. The van der Waals surface area contributed by atoms with Crippen LogP contribution in [0.25, 0.3) is 0 Å². The van der Waals surface area contributed by atoms with Gasteiger partial charge in [0.2, 0.25) is 5.91 Å². The van der Waals surface area contributed by atoms with Crippen LogP contribution in [0, 0.1) is 6.92 Å². The van der Waals surface area contributed by atoms with E-state index < -0.39 is 6.04 Å². The van der Waals surface area contributed by atoms with Gasteiger partial charge in [0.25, 0.3) is 0 Å². The van der Waals surface area contributed by atoms with Crippen LogP contribution in [0.5, 0.6) is 0 Å². The van der Waals surface area contributed by atoms with Gasteiger partial charge in [-0.15, -0.1) is 0 Å². The Bertz CT molecular complexity index is 352. The van der Waals surface area contributed by atoms with Crippen LogP contribution < -0.4 is 11.1 Å². The van der Waals surface area contributed by atoms with Crippen molar-refractivity contribution in [2.75, 3.05) is 5.32 Å². The fourth-order valence-corrected chi connectivity index (χ4v) is 1.41. The number of aromatic nitrogens is 1. The molecule has 4 nitrogen and oxygen atoms in total. The monoisotopic (exact) mass is 221 g/mol. The Kier molecular flexibility index (Phi) is 4.92. The zero-order valence-corrected chi connectivity index (χ0v) is 9.86. The molecule has 0 unspecified atom stereocenters. The van der Waals surface area contributed by atoms with Crippen molar-refractivity contribution in [2.45, 2.75) is 39.2 Å². The van der Waals surface area contributed by atoms with Gasteiger partial charge >= 0.3 is 0 Å². The minimum absolute atomic E-state index is 0.126. The summed E-state index contributed by atoms with van der Waals surface area (Å²) < 4.78 is 0. The Labute approximate surface area is 96.3 Å². The van der Waals surface area contributed by atoms with Crippen LogP contribution in [0.4, 0.5) is 5.69 Å². The average Bonchev–Trinajstić information content (AvgIpc) is 2.25. The van der Waals surface area contributed by atoms with Crippen LogP contribution >= 0.6 is 0 Å². The van der Waals surface area contributed by atoms with E-state index in [0.29, 0.717) is 0 Å². The van der Waals surface area contributed by atoms with E-state index in [1.165, 1.54) is 0 Å². The van der Waals surface area contributed by atoms with Gasteiger partial charge in [-0.1, -0.05) is 19.8 Å². The number of rotatable bonds is 5. The molecule has 0 bridgehead atoms. The van der Waals surface area contributed by atoms with E-state index in [9.17, 15) is 4.79 Å². The van der Waals surface area contributed by atoms with E-state index in [0.717, 1.165) is 30.6 Å². The maximum absolute atomic E-state index is 11.7. The molecule has 1 heterocycles. The second kappa shape index (κ2) is 6.23. The third kappa shape index (κ3) is 3.98. The minimum Gasteiger partial charge on any atom is -0.325 e. The van der Waals surface area contributed by atoms with Crippen LogP contribution in [-0.2, 0) is 4.79 Å². The van der Waals surface area contributed by atoms with Crippen molar-refractivity contribution in [3.05, 3.63) is 24.0 Å². The molecule has 1 amide bonds. The minimum atomic E-state index is -0.423. The van der Waals surface area contributed by atoms with Crippen molar-refractivity contribution in [1.82, 2.24) is 4.98 Å². The number of nitrogens with two attached hydrogens (primary N) is 1. The first-order valence-corrected chi connectivity index (χ1v) is 5.62. The summed E-state index contributed by atoms with van der Waals surface area (Å²) in [5.41, 5.74) is 7.39. The number of amides is 1. The van der Waals surface area contributed by atoms with Gasteiger partial charge in [-0.2, -0.15) is 0 Å². The van der Waals surface area contributed by atoms with Crippen LogP contribution in [0.1, 0.15) is 31.9 Å². The van der Waals surface area contributed by atoms with Crippen molar-refractivity contribution in [3.8, 4) is 0 Å². The Morgan fingerprint density at radius 2 is 2.38 bits per heavy atom. The number of anilines is 1. The molecule has 0 aliphatic rings. The summed E-state index contributed by atoms with van der Waals surface area (Å²) in [5, 5.41) is 2.79. The van der Waals surface area contributed by atoms with Crippen molar-refractivity contribution >= 4 is 11.6 Å². The lowest BCUT2D eigenvalue weighted by Crippen LogP contribution is -2.35. The molecule has 4 heteroatoms. The standard InChI is InChI=1S/C12H19N3O/c1-3-4-5-11(13)12(16)15-10-6-7-14-9(2)8-10/h6-8,11H,3-5,13H2,1-2H3,(H,14,15,16)/t11-/m0/s1. The molecule has 0 fully saturated rings. The van der Waals surface area contributed by atoms with Gasteiger partial charge in [0.15, 0.2) is 0 Å². The maximum Gasteiger partial charge on any atom is 0.241 e. The van der Waals surface area contributed by atoms with Gasteiger partial charge < -0.3 is 11.1 Å². The van der Waals surface area contributed by atoms with E-state index >= 15 is 0 Å². The summed E-state index contributed by atoms with van der Waals surface area (Å²) in [6.07, 6.45) is 4.42. The maximum atomic E-state index is 11.7. The normalized spacial score (nSPS) is 12.2. The highest BCUT2D eigenvalue weighted by atomic mass is 16.2. The molecule has 88 valence electrons. The zero-order chi connectivity index (χ0) is 12.0. The number of carbonyl (C=O) groups is 1. The number of pyridine rings is 1. The Morgan fingerprint density at radius 3 is 3.00 bits per heavy atom. The van der Waals surface area contributed by atoms with Crippen LogP contribution in [0.15, 0.2) is 18.3 Å². The Hall–Kier alpha value is -1.42. The first-order chi connectivity index (χ1) is 7.63. The highest BCUT2D eigenvalue weighted by Gasteiger charge is 2.12. The molecule has 0 spiro atoms. The Morgan fingerprint density at radius 1 is 1.62 bits per heavy atom. The van der Waals surface area contributed by atoms with Crippen molar-refractivity contribution in [3.63, 3.8) is 0 Å². The summed E-state index contributed by atoms with van der Waals surface area (Å²) in [5.74, 6) is -0.126. The number of nitrogens with zero attached hydrogens (tertiary/aromatic N) is 1. The molecule has 0 aliphatic carbocycles. The van der Waals surface area contributed by atoms with Crippen LogP contribution in [0.2, 0.25) is 0 Å². The molecule has 0 radical (unpaired) electrons. The highest BCUT2D eigenvalue weighted by molar-refractivity contribution is 5.94. The lowest BCUT2D eigenvalue weighted by molar-refractivity contribution is -0.117. The van der Waals surface area contributed by atoms with Crippen LogP contribution in [0.3, 0.4) is 0 Å². The van der Waals surface area contributed by atoms with E-state index in [1.54, 1.807) is 12.3 Å². The van der Waals surface area contributed by atoms with Crippen molar-refractivity contribution in [2.24, 2.45) is 5.73 Å². The molecule has 1 aromatic heterocycles. The molecule has 0 aliphatic heterocycles. The first kappa shape index (κ1) is 12.6. The lowest BCUT2D eigenvalue weighted by atomic mass is 10.1. The van der Waals surface area contributed by atoms with Crippen molar-refractivity contribution < 1.29 is 4.79 Å². The SMILES string of the molecule is CCCC[C@H](N)C(=O)Nc1ccnc(C)c1. The molecule has 3 N–H and O–H groups in total.